The first-order valence-electron chi connectivity index (χ1n) is 4.73. The predicted octanol–water partition coefficient (Wildman–Crippen LogP) is 1.23. The van der Waals surface area contributed by atoms with Gasteiger partial charge in [-0.05, 0) is 13.0 Å². The van der Waals surface area contributed by atoms with Crippen LogP contribution in [-0.4, -0.2) is 24.6 Å². The quantitative estimate of drug-likeness (QED) is 0.649. The van der Waals surface area contributed by atoms with Gasteiger partial charge in [0.15, 0.2) is 0 Å². The summed E-state index contributed by atoms with van der Waals surface area (Å²) in [5, 5.41) is 9.84. The lowest BCUT2D eigenvalue weighted by Crippen LogP contribution is -2.27. The molecule has 0 aliphatic carbocycles. The lowest BCUT2D eigenvalue weighted by atomic mass is 10.4. The second-order valence-corrected chi connectivity index (χ2v) is 3.83. The maximum absolute atomic E-state index is 4.19. The fourth-order valence-electron chi connectivity index (χ4n) is 1.01. The van der Waals surface area contributed by atoms with Gasteiger partial charge in [0.25, 0.3) is 0 Å². The normalized spacial score (nSPS) is 10.5. The molecule has 3 nitrogen and oxygen atoms in total. The zero-order valence-corrected chi connectivity index (χ0v) is 8.86. The Morgan fingerprint density at radius 2 is 2.15 bits per heavy atom. The minimum Gasteiger partial charge on any atom is -0.315 e. The van der Waals surface area contributed by atoms with Gasteiger partial charge in [0, 0.05) is 31.2 Å². The lowest BCUT2D eigenvalue weighted by Gasteiger charge is -2.03. The van der Waals surface area contributed by atoms with Crippen LogP contribution in [0.2, 0.25) is 0 Å². The summed E-state index contributed by atoms with van der Waals surface area (Å²) in [5.41, 5.74) is 0. The van der Waals surface area contributed by atoms with Crippen molar-refractivity contribution in [2.75, 3.05) is 19.6 Å². The van der Waals surface area contributed by atoms with Crippen LogP contribution in [0, 0.1) is 0 Å². The Morgan fingerprint density at radius 1 is 1.31 bits per heavy atom. The van der Waals surface area contributed by atoms with Gasteiger partial charge in [-0.25, -0.2) is 4.98 Å². The van der Waals surface area contributed by atoms with Crippen LogP contribution in [-0.2, 0) is 6.54 Å². The molecule has 0 unspecified atom stereocenters. The van der Waals surface area contributed by atoms with Crippen molar-refractivity contribution >= 4 is 11.3 Å². The summed E-state index contributed by atoms with van der Waals surface area (Å²) in [6, 6.07) is 0. The molecule has 0 saturated carbocycles. The predicted molar refractivity (Wildman–Crippen MR) is 57.0 cm³/mol. The molecule has 0 aromatic carbocycles. The Hall–Kier alpha value is -0.450. The second-order valence-electron chi connectivity index (χ2n) is 2.85. The van der Waals surface area contributed by atoms with Crippen molar-refractivity contribution in [1.29, 1.82) is 0 Å². The average molecular weight is 199 g/mol. The fourth-order valence-corrected chi connectivity index (χ4v) is 1.60. The molecule has 0 fully saturated rings. The van der Waals surface area contributed by atoms with Crippen LogP contribution >= 0.6 is 11.3 Å². The van der Waals surface area contributed by atoms with E-state index in [4.69, 9.17) is 0 Å². The Bertz CT molecular complexity index is 199. The number of hydrogen-bond acceptors (Lipinski definition) is 4. The van der Waals surface area contributed by atoms with Crippen molar-refractivity contribution in [2.24, 2.45) is 0 Å². The molecule has 0 radical (unpaired) electrons. The van der Waals surface area contributed by atoms with E-state index in [-0.39, 0.29) is 0 Å². The van der Waals surface area contributed by atoms with Crippen molar-refractivity contribution in [3.8, 4) is 0 Å². The summed E-state index contributed by atoms with van der Waals surface area (Å²) in [6.07, 6.45) is 3.05. The Kier molecular flexibility index (Phi) is 5.73. The third-order valence-electron chi connectivity index (χ3n) is 1.67. The van der Waals surface area contributed by atoms with E-state index in [2.05, 4.69) is 22.5 Å². The number of rotatable bonds is 7. The van der Waals surface area contributed by atoms with E-state index < -0.39 is 0 Å². The second kappa shape index (κ2) is 7.00. The summed E-state index contributed by atoms with van der Waals surface area (Å²) in [4.78, 5) is 4.19. The molecule has 0 aliphatic rings. The van der Waals surface area contributed by atoms with Gasteiger partial charge < -0.3 is 10.6 Å². The van der Waals surface area contributed by atoms with E-state index in [9.17, 15) is 0 Å². The number of thiazole rings is 1. The molecule has 1 rings (SSSR count). The molecule has 0 spiro atoms. The largest absolute Gasteiger partial charge is 0.315 e. The molecule has 1 heterocycles. The molecular formula is C9H17N3S. The molecule has 13 heavy (non-hydrogen) atoms. The van der Waals surface area contributed by atoms with Crippen LogP contribution in [0.4, 0.5) is 0 Å². The molecule has 2 N–H and O–H groups in total. The maximum Gasteiger partial charge on any atom is 0.106 e. The van der Waals surface area contributed by atoms with Crippen molar-refractivity contribution in [3.05, 3.63) is 16.6 Å². The SMILES string of the molecule is CCCNCCNCc1nccs1. The summed E-state index contributed by atoms with van der Waals surface area (Å²) >= 11 is 1.70. The zero-order valence-electron chi connectivity index (χ0n) is 8.05. The van der Waals surface area contributed by atoms with Gasteiger partial charge in [-0.15, -0.1) is 11.3 Å². The molecule has 1 aromatic heterocycles. The van der Waals surface area contributed by atoms with Crippen LogP contribution in [0.3, 0.4) is 0 Å². The molecule has 0 aliphatic heterocycles. The molecule has 0 atom stereocenters. The van der Waals surface area contributed by atoms with Crippen LogP contribution < -0.4 is 10.6 Å². The van der Waals surface area contributed by atoms with Gasteiger partial charge in [-0.1, -0.05) is 6.92 Å². The Balaban J connectivity index is 1.90. The van der Waals surface area contributed by atoms with Crippen molar-refractivity contribution in [2.45, 2.75) is 19.9 Å². The highest BCUT2D eigenvalue weighted by molar-refractivity contribution is 7.09. The maximum atomic E-state index is 4.19. The van der Waals surface area contributed by atoms with E-state index in [1.165, 1.54) is 6.42 Å². The van der Waals surface area contributed by atoms with Gasteiger partial charge in [0.1, 0.15) is 5.01 Å². The summed E-state index contributed by atoms with van der Waals surface area (Å²) in [7, 11) is 0. The molecule has 1 aromatic rings. The fraction of sp³-hybridized carbons (Fsp3) is 0.667. The van der Waals surface area contributed by atoms with E-state index in [1.54, 1.807) is 11.3 Å². The van der Waals surface area contributed by atoms with Crippen molar-refractivity contribution in [3.63, 3.8) is 0 Å². The molecule has 0 saturated heterocycles. The van der Waals surface area contributed by atoms with E-state index in [1.807, 2.05) is 11.6 Å². The standard InChI is InChI=1S/C9H17N3S/c1-2-3-10-4-5-11-8-9-12-6-7-13-9/h6-7,10-11H,2-5,8H2,1H3. The molecule has 0 bridgehead atoms. The van der Waals surface area contributed by atoms with Gasteiger partial charge in [-0.3, -0.25) is 0 Å². The monoisotopic (exact) mass is 199 g/mol. The van der Waals surface area contributed by atoms with Crippen LogP contribution in [0.1, 0.15) is 18.4 Å². The minimum absolute atomic E-state index is 0.894. The molecular weight excluding hydrogens is 182 g/mol. The minimum atomic E-state index is 0.894. The zero-order chi connectivity index (χ0) is 9.36. The van der Waals surface area contributed by atoms with Crippen molar-refractivity contribution < 1.29 is 0 Å². The van der Waals surface area contributed by atoms with E-state index in [0.29, 0.717) is 0 Å². The molecule has 4 heteroatoms. The number of hydrogen-bond donors (Lipinski definition) is 2. The summed E-state index contributed by atoms with van der Waals surface area (Å²) in [5.74, 6) is 0. The Labute approximate surface area is 83.6 Å². The molecule has 0 amide bonds. The van der Waals surface area contributed by atoms with E-state index in [0.717, 1.165) is 31.2 Å². The topological polar surface area (TPSA) is 37.0 Å². The van der Waals surface area contributed by atoms with Gasteiger partial charge in [-0.2, -0.15) is 0 Å². The molecule has 74 valence electrons. The highest BCUT2D eigenvalue weighted by Crippen LogP contribution is 2.01. The van der Waals surface area contributed by atoms with E-state index >= 15 is 0 Å². The van der Waals surface area contributed by atoms with Crippen LogP contribution in [0.5, 0.6) is 0 Å². The first kappa shape index (κ1) is 10.6. The number of aromatic nitrogens is 1. The van der Waals surface area contributed by atoms with Crippen LogP contribution in [0.25, 0.3) is 0 Å². The van der Waals surface area contributed by atoms with Gasteiger partial charge in [0.2, 0.25) is 0 Å². The van der Waals surface area contributed by atoms with Crippen molar-refractivity contribution in [1.82, 2.24) is 15.6 Å². The van der Waals surface area contributed by atoms with Gasteiger partial charge in [0.05, 0.1) is 0 Å². The average Bonchev–Trinajstić information content (AvgIpc) is 2.63. The first-order valence-corrected chi connectivity index (χ1v) is 5.61. The highest BCUT2D eigenvalue weighted by atomic mass is 32.1. The third kappa shape index (κ3) is 4.98. The Morgan fingerprint density at radius 3 is 2.85 bits per heavy atom. The highest BCUT2D eigenvalue weighted by Gasteiger charge is 1.92. The smallest absolute Gasteiger partial charge is 0.106 e. The lowest BCUT2D eigenvalue weighted by molar-refractivity contribution is 0.606. The first-order chi connectivity index (χ1) is 6.43. The summed E-state index contributed by atoms with van der Waals surface area (Å²) in [6.45, 7) is 6.24. The number of nitrogens with zero attached hydrogens (tertiary/aromatic N) is 1. The summed E-state index contributed by atoms with van der Waals surface area (Å²) < 4.78 is 0. The third-order valence-corrected chi connectivity index (χ3v) is 2.44. The van der Waals surface area contributed by atoms with Crippen LogP contribution in [0.15, 0.2) is 11.6 Å². The number of nitrogens with one attached hydrogen (secondary N) is 2. The van der Waals surface area contributed by atoms with Gasteiger partial charge >= 0.3 is 0 Å².